The third-order valence-electron chi connectivity index (χ3n) is 7.47. The smallest absolute Gasteiger partial charge is 0.323 e. The van der Waals surface area contributed by atoms with E-state index >= 15 is 0 Å². The summed E-state index contributed by atoms with van der Waals surface area (Å²) in [5, 5.41) is 3.05. The number of nitrogens with one attached hydrogen (secondary N) is 1. The van der Waals surface area contributed by atoms with E-state index in [2.05, 4.69) is 39.9 Å². The van der Waals surface area contributed by atoms with Crippen LogP contribution in [0.2, 0.25) is 0 Å². The summed E-state index contributed by atoms with van der Waals surface area (Å²) in [6.45, 7) is 12.6. The largest absolute Gasteiger partial charge is 0.325 e. The maximum atomic E-state index is 13.4. The second-order valence-corrected chi connectivity index (χ2v) is 11.5. The average molecular weight is 435 g/mol. The van der Waals surface area contributed by atoms with Crippen molar-refractivity contribution in [1.29, 1.82) is 0 Å². The van der Waals surface area contributed by atoms with Gasteiger partial charge in [0, 0.05) is 12.5 Å². The number of hydrogen-bond donors (Lipinski definition) is 1. The first-order chi connectivity index (χ1) is 14.5. The van der Waals surface area contributed by atoms with Gasteiger partial charge < -0.3 is 5.32 Å². The van der Waals surface area contributed by atoms with Gasteiger partial charge in [0.2, 0.25) is 0 Å². The highest BCUT2D eigenvalue weighted by Gasteiger charge is 2.62. The standard InChI is InChI=1S/C26H46N2O3/c1-7-8-9-10-11-12-13-14-15-16-17-28-22(30)26(27-23(28)31)18-24(3,4)21(20(2)29)25(5,6)19-26/h21H,7-19H2,1-6H3,(H,27,31). The Balaban J connectivity index is 1.85. The van der Waals surface area contributed by atoms with Crippen LogP contribution in [0.3, 0.4) is 0 Å². The Kier molecular flexibility index (Phi) is 8.75. The van der Waals surface area contributed by atoms with Gasteiger partial charge in [-0.15, -0.1) is 0 Å². The lowest BCUT2D eigenvalue weighted by Gasteiger charge is -2.54. The van der Waals surface area contributed by atoms with Crippen molar-refractivity contribution in [2.45, 2.75) is 124 Å². The van der Waals surface area contributed by atoms with Crippen molar-refractivity contribution >= 4 is 17.7 Å². The molecular formula is C26H46N2O3. The molecule has 0 radical (unpaired) electrons. The second kappa shape index (κ2) is 10.5. The van der Waals surface area contributed by atoms with Crippen molar-refractivity contribution in [3.05, 3.63) is 0 Å². The van der Waals surface area contributed by atoms with Crippen LogP contribution in [0.1, 0.15) is 119 Å². The van der Waals surface area contributed by atoms with E-state index in [0.29, 0.717) is 19.4 Å². The van der Waals surface area contributed by atoms with E-state index in [1.165, 1.54) is 56.3 Å². The Morgan fingerprint density at radius 3 is 1.77 bits per heavy atom. The molecule has 3 amide bonds. The van der Waals surface area contributed by atoms with Crippen LogP contribution in [-0.2, 0) is 9.59 Å². The number of Topliss-reactive ketones (excluding diaryl/α,β-unsaturated/α-hetero) is 1. The summed E-state index contributed by atoms with van der Waals surface area (Å²) in [4.78, 5) is 39.9. The van der Waals surface area contributed by atoms with Gasteiger partial charge in [-0.05, 0) is 37.0 Å². The molecule has 178 valence electrons. The van der Waals surface area contributed by atoms with Crippen LogP contribution in [0.25, 0.3) is 0 Å². The van der Waals surface area contributed by atoms with Crippen molar-refractivity contribution in [1.82, 2.24) is 10.2 Å². The third kappa shape index (κ3) is 6.10. The highest BCUT2D eigenvalue weighted by atomic mass is 16.2. The van der Waals surface area contributed by atoms with Gasteiger partial charge in [0.25, 0.3) is 5.91 Å². The summed E-state index contributed by atoms with van der Waals surface area (Å²) < 4.78 is 0. The third-order valence-corrected chi connectivity index (χ3v) is 7.47. The molecule has 1 aliphatic heterocycles. The Morgan fingerprint density at radius 1 is 0.871 bits per heavy atom. The number of carbonyl (C=O) groups excluding carboxylic acids is 3. The van der Waals surface area contributed by atoms with Crippen LogP contribution in [0.5, 0.6) is 0 Å². The van der Waals surface area contributed by atoms with E-state index in [4.69, 9.17) is 0 Å². The highest BCUT2D eigenvalue weighted by Crippen LogP contribution is 2.56. The van der Waals surface area contributed by atoms with E-state index in [-0.39, 0.29) is 34.5 Å². The number of nitrogens with zero attached hydrogens (tertiary/aromatic N) is 1. The number of carbonyl (C=O) groups is 3. The normalized spacial score (nSPS) is 22.2. The van der Waals surface area contributed by atoms with E-state index in [1.807, 2.05) is 0 Å². The molecule has 0 unspecified atom stereocenters. The van der Waals surface area contributed by atoms with Crippen LogP contribution in [-0.4, -0.2) is 34.7 Å². The van der Waals surface area contributed by atoms with Crippen LogP contribution >= 0.6 is 0 Å². The minimum Gasteiger partial charge on any atom is -0.323 e. The van der Waals surface area contributed by atoms with Crippen molar-refractivity contribution in [2.24, 2.45) is 16.7 Å². The van der Waals surface area contributed by atoms with Gasteiger partial charge in [-0.3, -0.25) is 14.5 Å². The van der Waals surface area contributed by atoms with Gasteiger partial charge in [0.1, 0.15) is 11.3 Å². The topological polar surface area (TPSA) is 66.5 Å². The van der Waals surface area contributed by atoms with Crippen LogP contribution in [0.4, 0.5) is 4.79 Å². The zero-order valence-corrected chi connectivity index (χ0v) is 20.9. The lowest BCUT2D eigenvalue weighted by molar-refractivity contribution is -0.147. The monoisotopic (exact) mass is 434 g/mol. The van der Waals surface area contributed by atoms with Gasteiger partial charge in [-0.1, -0.05) is 92.4 Å². The quantitative estimate of drug-likeness (QED) is 0.292. The Labute approximate surface area is 190 Å². The van der Waals surface area contributed by atoms with Crippen LogP contribution in [0.15, 0.2) is 0 Å². The van der Waals surface area contributed by atoms with Crippen molar-refractivity contribution < 1.29 is 14.4 Å². The second-order valence-electron chi connectivity index (χ2n) is 11.5. The summed E-state index contributed by atoms with van der Waals surface area (Å²) in [5.41, 5.74) is -1.55. The van der Waals surface area contributed by atoms with Crippen LogP contribution < -0.4 is 5.32 Å². The molecule has 1 saturated heterocycles. The van der Waals surface area contributed by atoms with E-state index in [1.54, 1.807) is 6.92 Å². The predicted molar refractivity (Wildman–Crippen MR) is 126 cm³/mol. The van der Waals surface area contributed by atoms with Crippen LogP contribution in [0, 0.1) is 16.7 Å². The molecule has 0 aromatic heterocycles. The zero-order valence-electron chi connectivity index (χ0n) is 20.9. The van der Waals surface area contributed by atoms with Gasteiger partial charge in [0.15, 0.2) is 0 Å². The fourth-order valence-corrected chi connectivity index (χ4v) is 6.86. The van der Waals surface area contributed by atoms with Gasteiger partial charge in [-0.25, -0.2) is 4.79 Å². The summed E-state index contributed by atoms with van der Waals surface area (Å²) in [7, 11) is 0. The Hall–Kier alpha value is -1.39. The summed E-state index contributed by atoms with van der Waals surface area (Å²) >= 11 is 0. The maximum absolute atomic E-state index is 13.4. The fourth-order valence-electron chi connectivity index (χ4n) is 6.86. The molecule has 5 heteroatoms. The first-order valence-electron chi connectivity index (χ1n) is 12.6. The lowest BCUT2D eigenvalue weighted by atomic mass is 9.51. The molecule has 2 rings (SSSR count). The molecule has 31 heavy (non-hydrogen) atoms. The van der Waals surface area contributed by atoms with E-state index in [9.17, 15) is 14.4 Å². The molecule has 0 bridgehead atoms. The molecule has 0 aromatic rings. The van der Waals surface area contributed by atoms with Gasteiger partial charge in [-0.2, -0.15) is 0 Å². The fraction of sp³-hybridized carbons (Fsp3) is 0.885. The Bertz CT molecular complexity index is 635. The molecule has 0 atom stereocenters. The van der Waals surface area contributed by atoms with E-state index in [0.717, 1.165) is 12.8 Å². The number of ketones is 1. The Morgan fingerprint density at radius 2 is 1.32 bits per heavy atom. The van der Waals surface area contributed by atoms with Crippen molar-refractivity contribution in [3.8, 4) is 0 Å². The molecule has 1 N–H and O–H groups in total. The minimum absolute atomic E-state index is 0.0865. The molecule has 2 fully saturated rings. The summed E-state index contributed by atoms with van der Waals surface area (Å²) in [6.07, 6.45) is 13.3. The molecule has 1 saturated carbocycles. The number of imide groups is 1. The average Bonchev–Trinajstić information content (AvgIpc) is 2.83. The predicted octanol–water partition coefficient (Wildman–Crippen LogP) is 6.25. The molecule has 1 aliphatic carbocycles. The first kappa shape index (κ1) is 25.9. The SMILES string of the molecule is CCCCCCCCCCCCN1C(=O)NC2(CC(C)(C)C(C(C)=O)C(C)(C)C2)C1=O. The molecule has 0 aromatic carbocycles. The summed E-state index contributed by atoms with van der Waals surface area (Å²) in [5.74, 6) is -0.0354. The lowest BCUT2D eigenvalue weighted by Crippen LogP contribution is -2.61. The molecule has 1 spiro atoms. The van der Waals surface area contributed by atoms with E-state index < -0.39 is 5.54 Å². The number of rotatable bonds is 12. The van der Waals surface area contributed by atoms with Crippen molar-refractivity contribution in [3.63, 3.8) is 0 Å². The molecular weight excluding hydrogens is 388 g/mol. The minimum atomic E-state index is -0.867. The van der Waals surface area contributed by atoms with Crippen molar-refractivity contribution in [2.75, 3.05) is 6.54 Å². The maximum Gasteiger partial charge on any atom is 0.325 e. The molecule has 5 nitrogen and oxygen atoms in total. The highest BCUT2D eigenvalue weighted by molar-refractivity contribution is 6.07. The molecule has 2 aliphatic rings. The van der Waals surface area contributed by atoms with Gasteiger partial charge >= 0.3 is 6.03 Å². The number of unbranched alkanes of at least 4 members (excludes halogenated alkanes) is 9. The molecule has 1 heterocycles. The van der Waals surface area contributed by atoms with Gasteiger partial charge in [0.05, 0.1) is 0 Å². The first-order valence-corrected chi connectivity index (χ1v) is 12.6. The zero-order chi connectivity index (χ0) is 23.3. The number of hydrogen-bond acceptors (Lipinski definition) is 3. The number of amides is 3. The number of urea groups is 1. The summed E-state index contributed by atoms with van der Waals surface area (Å²) in [6, 6.07) is -0.256.